The molecule has 0 spiro atoms. The van der Waals surface area contributed by atoms with Crippen molar-refractivity contribution in [2.75, 3.05) is 12.9 Å². The largest absolute Gasteiger partial charge is 0.497 e. The highest BCUT2D eigenvalue weighted by Crippen LogP contribution is 2.16. The van der Waals surface area contributed by atoms with Gasteiger partial charge in [-0.1, -0.05) is 12.1 Å². The molecule has 1 aliphatic heterocycles. The zero-order valence-electron chi connectivity index (χ0n) is 15.5. The Labute approximate surface area is 169 Å². The first kappa shape index (κ1) is 21.0. The number of benzene rings is 2. The number of methoxy groups -OCH3 is 1. The first-order chi connectivity index (χ1) is 13.7. The average Bonchev–Trinajstić information content (AvgIpc) is 3.05. The molecule has 29 heavy (non-hydrogen) atoms. The molecule has 8 nitrogen and oxygen atoms in total. The van der Waals surface area contributed by atoms with Gasteiger partial charge in [-0.25, -0.2) is 21.6 Å². The monoisotopic (exact) mass is 436 g/mol. The van der Waals surface area contributed by atoms with Gasteiger partial charge < -0.3 is 10.1 Å². The van der Waals surface area contributed by atoms with E-state index in [1.165, 1.54) is 25.3 Å². The van der Waals surface area contributed by atoms with E-state index in [0.29, 0.717) is 16.9 Å². The van der Waals surface area contributed by atoms with Gasteiger partial charge in [0.05, 0.1) is 23.8 Å². The van der Waals surface area contributed by atoms with E-state index in [1.54, 1.807) is 36.4 Å². The Kier molecular flexibility index (Phi) is 6.06. The molecule has 0 fully saturated rings. The molecule has 0 radical (unpaired) electrons. The summed E-state index contributed by atoms with van der Waals surface area (Å²) >= 11 is 0. The molecule has 0 bridgehead atoms. The van der Waals surface area contributed by atoms with Gasteiger partial charge in [-0.15, -0.1) is 0 Å². The molecule has 2 N–H and O–H groups in total. The minimum atomic E-state index is -3.69. The first-order valence-electron chi connectivity index (χ1n) is 8.63. The van der Waals surface area contributed by atoms with Crippen LogP contribution in [0.25, 0.3) is 0 Å². The zero-order valence-corrected chi connectivity index (χ0v) is 17.2. The van der Waals surface area contributed by atoms with Crippen LogP contribution in [0.2, 0.25) is 0 Å². The van der Waals surface area contributed by atoms with Crippen molar-refractivity contribution in [3.8, 4) is 5.75 Å². The quantitative estimate of drug-likeness (QED) is 0.674. The predicted octanol–water partition coefficient (Wildman–Crippen LogP) is 1.21. The van der Waals surface area contributed by atoms with Crippen LogP contribution in [-0.4, -0.2) is 41.6 Å². The molecule has 0 unspecified atom stereocenters. The van der Waals surface area contributed by atoms with Crippen LogP contribution >= 0.6 is 0 Å². The molecule has 0 aliphatic carbocycles. The Morgan fingerprint density at radius 1 is 1.10 bits per heavy atom. The van der Waals surface area contributed by atoms with E-state index in [-0.39, 0.29) is 17.2 Å². The smallest absolute Gasteiger partial charge is 0.251 e. The van der Waals surface area contributed by atoms with E-state index in [2.05, 4.69) is 10.0 Å². The Morgan fingerprint density at radius 2 is 1.76 bits per heavy atom. The van der Waals surface area contributed by atoms with Crippen LogP contribution in [0.4, 0.5) is 0 Å². The highest BCUT2D eigenvalue weighted by atomic mass is 32.2. The summed E-state index contributed by atoms with van der Waals surface area (Å²) in [6, 6.07) is 11.8. The van der Waals surface area contributed by atoms with Gasteiger partial charge in [0.15, 0.2) is 9.84 Å². The number of nitrogens with one attached hydrogen (secondary N) is 2. The second-order valence-electron chi connectivity index (χ2n) is 6.44. The Hall–Kier alpha value is -2.69. The topological polar surface area (TPSA) is 119 Å². The minimum absolute atomic E-state index is 0.0554. The maximum Gasteiger partial charge on any atom is 0.251 e. The number of ether oxygens (including phenoxy) is 1. The van der Waals surface area contributed by atoms with Crippen molar-refractivity contribution in [1.82, 2.24) is 10.0 Å². The summed E-state index contributed by atoms with van der Waals surface area (Å²) in [7, 11) is -5.43. The van der Waals surface area contributed by atoms with Crippen molar-refractivity contribution >= 4 is 25.8 Å². The van der Waals surface area contributed by atoms with Crippen LogP contribution in [0.1, 0.15) is 15.9 Å². The van der Waals surface area contributed by atoms with E-state index < -0.39 is 31.8 Å². The zero-order chi connectivity index (χ0) is 21.1. The molecule has 0 saturated heterocycles. The Balaban J connectivity index is 1.58. The number of carbonyl (C=O) groups excluding carboxylic acids is 1. The summed E-state index contributed by atoms with van der Waals surface area (Å²) < 4.78 is 55.0. The fraction of sp³-hybridized carbons (Fsp3) is 0.211. The number of carbonyl (C=O) groups is 1. The second kappa shape index (κ2) is 8.36. The van der Waals surface area contributed by atoms with Crippen molar-refractivity contribution in [1.29, 1.82) is 0 Å². The predicted molar refractivity (Wildman–Crippen MR) is 108 cm³/mol. The molecular weight excluding hydrogens is 416 g/mol. The standard InChI is InChI=1S/C19H20N2O6S2/c1-27-17-6-8-18(9-7-17)29(25,26)20-12-14-2-4-15(5-3-14)19(22)21-16-10-11-28(23,24)13-16/h2-11,16,20H,12-13H2,1H3,(H,21,22)/t16-/m1/s1. The molecule has 0 aromatic heterocycles. The number of hydrogen-bond acceptors (Lipinski definition) is 6. The summed E-state index contributed by atoms with van der Waals surface area (Å²) in [6.07, 6.45) is 1.44. The van der Waals surface area contributed by atoms with Crippen molar-refractivity contribution in [2.24, 2.45) is 0 Å². The molecule has 2 aromatic rings. The van der Waals surface area contributed by atoms with E-state index in [0.717, 1.165) is 5.41 Å². The summed E-state index contributed by atoms with van der Waals surface area (Å²) in [5, 5.41) is 3.72. The van der Waals surface area contributed by atoms with E-state index in [4.69, 9.17) is 4.74 Å². The molecule has 0 saturated carbocycles. The molecule has 10 heteroatoms. The molecule has 2 aromatic carbocycles. The highest BCUT2D eigenvalue weighted by molar-refractivity contribution is 7.94. The van der Waals surface area contributed by atoms with E-state index >= 15 is 0 Å². The number of amides is 1. The van der Waals surface area contributed by atoms with Crippen molar-refractivity contribution in [2.45, 2.75) is 17.5 Å². The van der Waals surface area contributed by atoms with E-state index in [9.17, 15) is 21.6 Å². The number of rotatable bonds is 7. The van der Waals surface area contributed by atoms with Gasteiger partial charge in [0.1, 0.15) is 5.75 Å². The molecule has 3 rings (SSSR count). The lowest BCUT2D eigenvalue weighted by Gasteiger charge is -2.11. The molecular formula is C19H20N2O6S2. The van der Waals surface area contributed by atoms with Crippen LogP contribution in [0.15, 0.2) is 64.9 Å². The summed E-state index contributed by atoms with van der Waals surface area (Å²) in [4.78, 5) is 12.3. The summed E-state index contributed by atoms with van der Waals surface area (Å²) in [5.41, 5.74) is 1.02. The SMILES string of the molecule is COc1ccc(S(=O)(=O)NCc2ccc(C(=O)N[C@@H]3C=CS(=O)(=O)C3)cc2)cc1. The fourth-order valence-corrected chi connectivity index (χ4v) is 4.96. The molecule has 1 atom stereocenters. The van der Waals surface area contributed by atoms with Crippen LogP contribution < -0.4 is 14.8 Å². The number of sulfonamides is 1. The van der Waals surface area contributed by atoms with Gasteiger partial charge in [0.25, 0.3) is 5.91 Å². The van der Waals surface area contributed by atoms with Crippen molar-refractivity contribution < 1.29 is 26.4 Å². The van der Waals surface area contributed by atoms with Gasteiger partial charge in [0.2, 0.25) is 10.0 Å². The molecule has 1 aliphatic rings. The lowest BCUT2D eigenvalue weighted by molar-refractivity contribution is 0.0947. The summed E-state index contributed by atoms with van der Waals surface area (Å²) in [5.74, 6) is 0.00914. The van der Waals surface area contributed by atoms with Gasteiger partial charge in [-0.2, -0.15) is 0 Å². The maximum absolute atomic E-state index is 12.4. The molecule has 154 valence electrons. The lowest BCUT2D eigenvalue weighted by atomic mass is 10.1. The van der Waals surface area contributed by atoms with Crippen LogP contribution in [-0.2, 0) is 26.4 Å². The van der Waals surface area contributed by atoms with Gasteiger partial charge in [-0.05, 0) is 48.0 Å². The number of hydrogen-bond donors (Lipinski definition) is 2. The van der Waals surface area contributed by atoms with Crippen molar-refractivity contribution in [3.05, 3.63) is 71.1 Å². The second-order valence-corrected chi connectivity index (χ2v) is 10.1. The van der Waals surface area contributed by atoms with Crippen molar-refractivity contribution in [3.63, 3.8) is 0 Å². The van der Waals surface area contributed by atoms with Gasteiger partial charge in [0, 0.05) is 17.5 Å². The van der Waals surface area contributed by atoms with Crippen LogP contribution in [0.3, 0.4) is 0 Å². The lowest BCUT2D eigenvalue weighted by Crippen LogP contribution is -2.35. The number of sulfone groups is 1. The van der Waals surface area contributed by atoms with Gasteiger partial charge >= 0.3 is 0 Å². The van der Waals surface area contributed by atoms with Crippen LogP contribution in [0, 0.1) is 0 Å². The molecule has 1 amide bonds. The van der Waals surface area contributed by atoms with Crippen LogP contribution in [0.5, 0.6) is 5.75 Å². The maximum atomic E-state index is 12.4. The third kappa shape index (κ3) is 5.43. The van der Waals surface area contributed by atoms with E-state index in [1.807, 2.05) is 0 Å². The first-order valence-corrected chi connectivity index (χ1v) is 11.8. The average molecular weight is 437 g/mol. The Bertz CT molecular complexity index is 1120. The van der Waals surface area contributed by atoms with Gasteiger partial charge in [-0.3, -0.25) is 4.79 Å². The fourth-order valence-electron chi connectivity index (χ4n) is 2.71. The third-order valence-corrected chi connectivity index (χ3v) is 7.11. The third-order valence-electron chi connectivity index (χ3n) is 4.30. The summed E-state index contributed by atoms with van der Waals surface area (Å²) in [6.45, 7) is 0.0554. The normalized spacial score (nSPS) is 17.8. The molecule has 1 heterocycles. The minimum Gasteiger partial charge on any atom is -0.497 e. The highest BCUT2D eigenvalue weighted by Gasteiger charge is 2.23. The Morgan fingerprint density at radius 3 is 2.31 bits per heavy atom.